The van der Waals surface area contributed by atoms with Gasteiger partial charge in [0.1, 0.15) is 0 Å². The van der Waals surface area contributed by atoms with Gasteiger partial charge in [-0.05, 0) is 72.4 Å². The summed E-state index contributed by atoms with van der Waals surface area (Å²) in [6.45, 7) is 14.4. The smallest absolute Gasteiger partial charge is 0.0379 e. The molecule has 3 heteroatoms. The zero-order valence-electron chi connectivity index (χ0n) is 23.6. The summed E-state index contributed by atoms with van der Waals surface area (Å²) < 4.78 is 0. The highest BCUT2D eigenvalue weighted by Crippen LogP contribution is 2.57. The van der Waals surface area contributed by atoms with Crippen molar-refractivity contribution in [1.29, 1.82) is 0 Å². The molecule has 0 radical (unpaired) electrons. The average molecular weight is 557 g/mol. The van der Waals surface area contributed by atoms with E-state index in [1.165, 1.54) is 37.7 Å². The number of allylic oxidation sites excluding steroid dienone is 2. The molecule has 0 nitrogen and oxygen atoms in total. The first-order chi connectivity index (χ1) is 18.3. The van der Waals surface area contributed by atoms with Gasteiger partial charge in [0, 0.05) is 35.6 Å². The van der Waals surface area contributed by atoms with Crippen molar-refractivity contribution >= 4 is 34.4 Å². The van der Waals surface area contributed by atoms with Crippen LogP contribution < -0.4 is 0 Å². The van der Waals surface area contributed by atoms with Gasteiger partial charge < -0.3 is 0 Å². The second-order valence-electron chi connectivity index (χ2n) is 11.2. The van der Waals surface area contributed by atoms with Crippen LogP contribution in [0.2, 0.25) is 0 Å². The second kappa shape index (κ2) is 11.2. The van der Waals surface area contributed by atoms with E-state index in [1.807, 2.05) is 22.7 Å². The fourth-order valence-corrected chi connectivity index (χ4v) is 10.4. The Morgan fingerprint density at radius 3 is 2.05 bits per heavy atom. The van der Waals surface area contributed by atoms with Gasteiger partial charge in [-0.1, -0.05) is 101 Å². The lowest BCUT2D eigenvalue weighted by molar-refractivity contribution is 0.568. The van der Waals surface area contributed by atoms with Crippen molar-refractivity contribution in [3.05, 3.63) is 115 Å². The molecule has 38 heavy (non-hydrogen) atoms. The molecule has 2 aromatic heterocycles. The van der Waals surface area contributed by atoms with Gasteiger partial charge in [-0.25, -0.2) is 0 Å². The molecule has 2 aromatic carbocycles. The van der Waals surface area contributed by atoms with E-state index in [9.17, 15) is 0 Å². The molecule has 2 atom stereocenters. The molecule has 0 N–H and O–H groups in total. The minimum atomic E-state index is 0.0232. The first-order valence-electron chi connectivity index (χ1n) is 14.0. The van der Waals surface area contributed by atoms with E-state index in [0.29, 0.717) is 5.25 Å². The predicted octanol–water partition coefficient (Wildman–Crippen LogP) is 11.6. The largest absolute Gasteiger partial charge is 0.144 e. The molecular formula is C35H40S3. The van der Waals surface area contributed by atoms with Crippen molar-refractivity contribution in [2.75, 3.05) is 0 Å². The van der Waals surface area contributed by atoms with Gasteiger partial charge in [0.2, 0.25) is 0 Å². The lowest BCUT2D eigenvalue weighted by atomic mass is 9.81. The third-order valence-corrected chi connectivity index (χ3v) is 13.3. The summed E-state index contributed by atoms with van der Waals surface area (Å²) in [7, 11) is 0. The number of benzene rings is 2. The molecule has 3 heterocycles. The van der Waals surface area contributed by atoms with E-state index in [0.717, 1.165) is 19.3 Å². The molecule has 0 amide bonds. The highest BCUT2D eigenvalue weighted by molar-refractivity contribution is 8.03. The van der Waals surface area contributed by atoms with E-state index in [-0.39, 0.29) is 10.8 Å². The Morgan fingerprint density at radius 1 is 0.763 bits per heavy atom. The van der Waals surface area contributed by atoms with Crippen LogP contribution in [0.3, 0.4) is 0 Å². The molecule has 4 aromatic rings. The Bertz CT molecular complexity index is 1400. The maximum atomic E-state index is 2.47. The summed E-state index contributed by atoms with van der Waals surface area (Å²) in [5.74, 6) is 0. The topological polar surface area (TPSA) is 0 Å². The van der Waals surface area contributed by atoms with Gasteiger partial charge in [-0.3, -0.25) is 0 Å². The normalized spacial score (nSPS) is 17.7. The molecule has 1 aliphatic heterocycles. The number of thiophene rings is 2. The molecule has 0 saturated carbocycles. The number of aryl methyl sites for hydroxylation is 1. The van der Waals surface area contributed by atoms with Crippen molar-refractivity contribution in [1.82, 2.24) is 0 Å². The third kappa shape index (κ3) is 4.98. The van der Waals surface area contributed by atoms with E-state index in [1.54, 1.807) is 15.4 Å². The van der Waals surface area contributed by atoms with Crippen molar-refractivity contribution in [2.45, 2.75) is 83.3 Å². The van der Waals surface area contributed by atoms with Crippen molar-refractivity contribution in [3.8, 4) is 10.4 Å². The first kappa shape index (κ1) is 27.5. The molecule has 5 rings (SSSR count). The monoisotopic (exact) mass is 556 g/mol. The SMILES string of the molecule is CCC1=C(C(C)(C)c2ccc(C(C)(CC)c3sc(-c4ccccc4)cc3CC)s2)SC(c2ccccc2)C1. The molecule has 198 valence electrons. The van der Waals surface area contributed by atoms with Crippen LogP contribution in [-0.4, -0.2) is 0 Å². The Hall–Kier alpha value is -2.07. The minimum absolute atomic E-state index is 0.0232. The summed E-state index contributed by atoms with van der Waals surface area (Å²) in [5, 5.41) is 0.537. The molecule has 0 aliphatic carbocycles. The number of hydrogen-bond acceptors (Lipinski definition) is 3. The first-order valence-corrected chi connectivity index (χ1v) is 16.6. The quantitative estimate of drug-likeness (QED) is 0.197. The summed E-state index contributed by atoms with van der Waals surface area (Å²) in [6.07, 6.45) is 4.48. The van der Waals surface area contributed by atoms with Crippen LogP contribution in [0.25, 0.3) is 10.4 Å². The average Bonchev–Trinajstić information content (AvgIpc) is 3.72. The van der Waals surface area contributed by atoms with Gasteiger partial charge in [0.05, 0.1) is 0 Å². The summed E-state index contributed by atoms with van der Waals surface area (Å²) in [4.78, 5) is 7.52. The maximum Gasteiger partial charge on any atom is 0.0379 e. The number of hydrogen-bond donors (Lipinski definition) is 0. The fourth-order valence-electron chi connectivity index (χ4n) is 5.76. The number of rotatable bonds is 9. The van der Waals surface area contributed by atoms with Gasteiger partial charge in [0.25, 0.3) is 0 Å². The second-order valence-corrected chi connectivity index (χ2v) is 14.5. The van der Waals surface area contributed by atoms with Crippen LogP contribution in [0.1, 0.15) is 91.8 Å². The van der Waals surface area contributed by atoms with Crippen LogP contribution >= 0.6 is 34.4 Å². The zero-order valence-corrected chi connectivity index (χ0v) is 26.1. The lowest BCUT2D eigenvalue weighted by Crippen LogP contribution is -2.21. The molecule has 0 bridgehead atoms. The van der Waals surface area contributed by atoms with Crippen LogP contribution in [0, 0.1) is 0 Å². The Labute approximate surface area is 242 Å². The zero-order chi connectivity index (χ0) is 26.9. The lowest BCUT2D eigenvalue weighted by Gasteiger charge is -2.29. The highest BCUT2D eigenvalue weighted by atomic mass is 32.2. The van der Waals surface area contributed by atoms with E-state index < -0.39 is 0 Å². The van der Waals surface area contributed by atoms with E-state index in [2.05, 4.69) is 132 Å². The van der Waals surface area contributed by atoms with Crippen molar-refractivity contribution < 1.29 is 0 Å². The van der Waals surface area contributed by atoms with Gasteiger partial charge in [-0.2, -0.15) is 0 Å². The van der Waals surface area contributed by atoms with Gasteiger partial charge in [0.15, 0.2) is 0 Å². The molecule has 2 unspecified atom stereocenters. The molecular weight excluding hydrogens is 517 g/mol. The van der Waals surface area contributed by atoms with E-state index in [4.69, 9.17) is 0 Å². The van der Waals surface area contributed by atoms with Crippen molar-refractivity contribution in [3.63, 3.8) is 0 Å². The van der Waals surface area contributed by atoms with Gasteiger partial charge in [-0.15, -0.1) is 34.4 Å². The number of thioether (sulfide) groups is 1. The van der Waals surface area contributed by atoms with Crippen molar-refractivity contribution in [2.24, 2.45) is 0 Å². The summed E-state index contributed by atoms with van der Waals surface area (Å²) in [6, 6.07) is 29.3. The fraction of sp³-hybridized carbons (Fsp3) is 0.371. The molecule has 1 aliphatic rings. The Kier molecular flexibility index (Phi) is 8.10. The van der Waals surface area contributed by atoms with Crippen LogP contribution in [0.5, 0.6) is 0 Å². The molecule has 0 saturated heterocycles. The maximum absolute atomic E-state index is 2.47. The Morgan fingerprint density at radius 2 is 1.42 bits per heavy atom. The summed E-state index contributed by atoms with van der Waals surface area (Å²) >= 11 is 6.16. The van der Waals surface area contributed by atoms with Crippen LogP contribution in [0.15, 0.2) is 89.3 Å². The van der Waals surface area contributed by atoms with Crippen LogP contribution in [0.4, 0.5) is 0 Å². The molecule has 0 spiro atoms. The Balaban J connectivity index is 1.49. The van der Waals surface area contributed by atoms with Crippen LogP contribution in [-0.2, 0) is 17.3 Å². The standard InChI is InChI=1S/C35H40S3/c1-7-24-22-28(26-16-12-10-13-17-26)36-32(24)34(4,5)30-20-21-31(38-30)35(6,9-3)33-25(8-2)23-29(37-33)27-18-14-11-15-19-27/h10-21,23,28H,7-9,22H2,1-6H3. The van der Waals surface area contributed by atoms with Gasteiger partial charge >= 0.3 is 0 Å². The molecule has 0 fully saturated rings. The highest BCUT2D eigenvalue weighted by Gasteiger charge is 2.39. The predicted molar refractivity (Wildman–Crippen MR) is 172 cm³/mol. The third-order valence-electron chi connectivity index (χ3n) is 8.40. The minimum Gasteiger partial charge on any atom is -0.144 e. The summed E-state index contributed by atoms with van der Waals surface area (Å²) in [5.41, 5.74) is 5.98. The van der Waals surface area contributed by atoms with E-state index >= 15 is 0 Å².